The molecule has 0 aromatic heterocycles. The zero-order chi connectivity index (χ0) is 11.6. The molecule has 6 heteroatoms. The number of hydrogen-bond donors (Lipinski definition) is 1. The highest BCUT2D eigenvalue weighted by Crippen LogP contribution is 2.25. The summed E-state index contributed by atoms with van der Waals surface area (Å²) in [7, 11) is -3.08. The van der Waals surface area contributed by atoms with E-state index in [9.17, 15) is 8.42 Å². The molecule has 0 atom stereocenters. The molecule has 2 rings (SSSR count). The van der Waals surface area contributed by atoms with Crippen LogP contribution in [0.2, 0.25) is 0 Å². The quantitative estimate of drug-likeness (QED) is 0.848. The van der Waals surface area contributed by atoms with Crippen LogP contribution in [0, 0.1) is 0 Å². The Kier molecular flexibility index (Phi) is 3.51. The summed E-state index contributed by atoms with van der Waals surface area (Å²) >= 11 is 3.47. The van der Waals surface area contributed by atoms with Gasteiger partial charge in [0.15, 0.2) is 0 Å². The maximum atomic E-state index is 11.4. The average Bonchev–Trinajstić information content (AvgIpc) is 2.40. The van der Waals surface area contributed by atoms with Crippen molar-refractivity contribution in [3.8, 4) is 0 Å². The number of nitrogens with one attached hydrogen (secondary N) is 1. The number of halogens is 1. The van der Waals surface area contributed by atoms with E-state index in [4.69, 9.17) is 0 Å². The molecular weight excluding hydrogens is 292 g/mol. The molecule has 1 fully saturated rings. The Morgan fingerprint density at radius 2 is 2.00 bits per heavy atom. The van der Waals surface area contributed by atoms with Crippen LogP contribution in [0.4, 0.5) is 5.69 Å². The maximum absolute atomic E-state index is 11.4. The van der Waals surface area contributed by atoms with E-state index in [2.05, 4.69) is 25.6 Å². The molecule has 4 nitrogen and oxygen atoms in total. The van der Waals surface area contributed by atoms with Gasteiger partial charge in [-0.1, -0.05) is 12.1 Å². The highest BCUT2D eigenvalue weighted by atomic mass is 79.9. The molecule has 88 valence electrons. The van der Waals surface area contributed by atoms with Crippen molar-refractivity contribution >= 4 is 31.6 Å². The van der Waals surface area contributed by atoms with Crippen LogP contribution in [-0.2, 0) is 10.0 Å². The minimum Gasteiger partial charge on any atom is -0.368 e. The van der Waals surface area contributed by atoms with Crippen molar-refractivity contribution in [2.24, 2.45) is 0 Å². The topological polar surface area (TPSA) is 49.4 Å². The summed E-state index contributed by atoms with van der Waals surface area (Å²) in [4.78, 5) is 2.07. The number of anilines is 1. The van der Waals surface area contributed by atoms with Crippen molar-refractivity contribution in [2.45, 2.75) is 0 Å². The Bertz CT molecular complexity index is 475. The fraction of sp³-hybridized carbons (Fsp3) is 0.400. The lowest BCUT2D eigenvalue weighted by Crippen LogP contribution is -2.28. The van der Waals surface area contributed by atoms with Crippen molar-refractivity contribution in [2.75, 3.05) is 30.3 Å². The van der Waals surface area contributed by atoms with Gasteiger partial charge in [-0.3, -0.25) is 0 Å². The van der Waals surface area contributed by atoms with Gasteiger partial charge in [0, 0.05) is 24.1 Å². The van der Waals surface area contributed by atoms with Gasteiger partial charge in [0.05, 0.1) is 11.4 Å². The highest BCUT2D eigenvalue weighted by Gasteiger charge is 2.19. The fourth-order valence-corrected chi connectivity index (χ4v) is 3.24. The number of nitrogens with zero attached hydrogens (tertiary/aromatic N) is 1. The molecule has 1 aliphatic rings. The van der Waals surface area contributed by atoms with E-state index in [0.717, 1.165) is 10.2 Å². The molecule has 0 unspecified atom stereocenters. The summed E-state index contributed by atoms with van der Waals surface area (Å²) < 4.78 is 26.3. The van der Waals surface area contributed by atoms with Gasteiger partial charge in [-0.25, -0.2) is 13.1 Å². The van der Waals surface area contributed by atoms with Gasteiger partial charge in [-0.2, -0.15) is 0 Å². The van der Waals surface area contributed by atoms with Crippen LogP contribution < -0.4 is 9.62 Å². The van der Waals surface area contributed by atoms with E-state index >= 15 is 0 Å². The van der Waals surface area contributed by atoms with Crippen molar-refractivity contribution in [3.05, 3.63) is 28.7 Å². The molecule has 16 heavy (non-hydrogen) atoms. The largest absolute Gasteiger partial charge is 0.368 e. The van der Waals surface area contributed by atoms with Crippen LogP contribution in [0.3, 0.4) is 0 Å². The van der Waals surface area contributed by atoms with Gasteiger partial charge in [0.2, 0.25) is 10.0 Å². The first kappa shape index (κ1) is 11.9. The molecular formula is C10H13BrN2O2S. The fourth-order valence-electron chi connectivity index (χ4n) is 1.70. The molecule has 1 N–H and O–H groups in total. The molecule has 1 aromatic rings. The third-order valence-corrected chi connectivity index (χ3v) is 4.56. The molecule has 1 aromatic carbocycles. The number of benzene rings is 1. The van der Waals surface area contributed by atoms with E-state index < -0.39 is 10.0 Å². The van der Waals surface area contributed by atoms with E-state index in [0.29, 0.717) is 19.6 Å². The zero-order valence-corrected chi connectivity index (χ0v) is 11.1. The summed E-state index contributed by atoms with van der Waals surface area (Å²) in [6.07, 6.45) is 0. The zero-order valence-electron chi connectivity index (χ0n) is 8.69. The molecule has 1 aliphatic heterocycles. The standard InChI is InChI=1S/C10H13BrN2O2S/c11-9-3-1-2-4-10(9)13-6-5-12-16(14,15)8-7-13/h1-4,12H,5-8H2. The van der Waals surface area contributed by atoms with Crippen LogP contribution in [0.5, 0.6) is 0 Å². The molecule has 0 saturated carbocycles. The SMILES string of the molecule is O=S1(=O)CCN(c2ccccc2Br)CCN1. The molecule has 0 amide bonds. The van der Waals surface area contributed by atoms with E-state index in [1.54, 1.807) is 0 Å². The van der Waals surface area contributed by atoms with Gasteiger partial charge in [0.1, 0.15) is 0 Å². The smallest absolute Gasteiger partial charge is 0.213 e. The van der Waals surface area contributed by atoms with Crippen molar-refractivity contribution < 1.29 is 8.42 Å². The van der Waals surface area contributed by atoms with Crippen molar-refractivity contribution in [1.82, 2.24) is 4.72 Å². The summed E-state index contributed by atoms with van der Waals surface area (Å²) in [5, 5.41) is 0. The van der Waals surface area contributed by atoms with Gasteiger partial charge in [-0.05, 0) is 28.1 Å². The minimum absolute atomic E-state index is 0.147. The van der Waals surface area contributed by atoms with Crippen LogP contribution in [0.25, 0.3) is 0 Å². The highest BCUT2D eigenvalue weighted by molar-refractivity contribution is 9.10. The van der Waals surface area contributed by atoms with Gasteiger partial charge in [0.25, 0.3) is 0 Å². The summed E-state index contributed by atoms with van der Waals surface area (Å²) in [5.74, 6) is 0.147. The first-order valence-electron chi connectivity index (χ1n) is 5.05. The second-order valence-electron chi connectivity index (χ2n) is 3.65. The third-order valence-electron chi connectivity index (χ3n) is 2.53. The maximum Gasteiger partial charge on any atom is 0.213 e. The average molecular weight is 305 g/mol. The van der Waals surface area contributed by atoms with E-state index in [1.807, 2.05) is 24.3 Å². The number of sulfonamides is 1. The van der Waals surface area contributed by atoms with Crippen LogP contribution in [-0.4, -0.2) is 33.8 Å². The first-order chi connectivity index (χ1) is 7.58. The van der Waals surface area contributed by atoms with E-state index in [-0.39, 0.29) is 5.75 Å². The Morgan fingerprint density at radius 3 is 2.75 bits per heavy atom. The van der Waals surface area contributed by atoms with Gasteiger partial charge >= 0.3 is 0 Å². The number of para-hydroxylation sites is 1. The van der Waals surface area contributed by atoms with E-state index in [1.165, 1.54) is 0 Å². The van der Waals surface area contributed by atoms with Crippen molar-refractivity contribution in [3.63, 3.8) is 0 Å². The van der Waals surface area contributed by atoms with Crippen molar-refractivity contribution in [1.29, 1.82) is 0 Å². The Hall–Kier alpha value is -0.590. The normalized spacial score (nSPS) is 20.4. The minimum atomic E-state index is -3.08. The lowest BCUT2D eigenvalue weighted by atomic mass is 10.3. The lowest BCUT2D eigenvalue weighted by molar-refractivity contribution is 0.586. The molecule has 1 saturated heterocycles. The molecule has 1 heterocycles. The second kappa shape index (κ2) is 4.73. The number of rotatable bonds is 1. The molecule has 0 aliphatic carbocycles. The Morgan fingerprint density at radius 1 is 1.25 bits per heavy atom. The van der Waals surface area contributed by atoms with Gasteiger partial charge in [-0.15, -0.1) is 0 Å². The van der Waals surface area contributed by atoms with Crippen LogP contribution in [0.1, 0.15) is 0 Å². The van der Waals surface area contributed by atoms with Crippen LogP contribution in [0.15, 0.2) is 28.7 Å². The third kappa shape index (κ3) is 2.75. The predicted octanol–water partition coefficient (Wildman–Crippen LogP) is 1.19. The number of hydrogen-bond acceptors (Lipinski definition) is 3. The van der Waals surface area contributed by atoms with Crippen LogP contribution >= 0.6 is 15.9 Å². The van der Waals surface area contributed by atoms with Gasteiger partial charge < -0.3 is 4.90 Å². The summed E-state index contributed by atoms with van der Waals surface area (Å²) in [6, 6.07) is 7.84. The lowest BCUT2D eigenvalue weighted by Gasteiger charge is -2.22. The Balaban J connectivity index is 2.20. The Labute approximate surface area is 104 Å². The summed E-state index contributed by atoms with van der Waals surface area (Å²) in [6.45, 7) is 1.68. The molecule has 0 radical (unpaired) electrons. The first-order valence-corrected chi connectivity index (χ1v) is 7.50. The second-order valence-corrected chi connectivity index (χ2v) is 6.43. The predicted molar refractivity (Wildman–Crippen MR) is 68.1 cm³/mol. The monoisotopic (exact) mass is 304 g/mol. The molecule has 0 bridgehead atoms. The summed E-state index contributed by atoms with van der Waals surface area (Å²) in [5.41, 5.74) is 1.04. The molecule has 0 spiro atoms.